The Morgan fingerprint density at radius 2 is 2.03 bits per heavy atom. The normalized spacial score (nSPS) is 11.8. The summed E-state index contributed by atoms with van der Waals surface area (Å²) in [4.78, 5) is 0. The van der Waals surface area contributed by atoms with Crippen molar-refractivity contribution in [3.05, 3.63) is 70.4 Å². The van der Waals surface area contributed by atoms with Crippen LogP contribution in [0.2, 0.25) is 0 Å². The smallest absolute Gasteiger partial charge is 0.176 e. The Morgan fingerprint density at radius 1 is 1.17 bits per heavy atom. The van der Waals surface area contributed by atoms with Gasteiger partial charge < -0.3 is 4.74 Å². The van der Waals surface area contributed by atoms with E-state index in [1.54, 1.807) is 0 Å². The van der Waals surface area contributed by atoms with Crippen molar-refractivity contribution in [2.75, 3.05) is 0 Å². The van der Waals surface area contributed by atoms with Gasteiger partial charge in [-0.15, -0.1) is 27.5 Å². The molecule has 0 saturated heterocycles. The Hall–Kier alpha value is -3.17. The van der Waals surface area contributed by atoms with Crippen molar-refractivity contribution in [2.45, 2.75) is 45.6 Å². The molecule has 0 amide bonds. The van der Waals surface area contributed by atoms with Crippen LogP contribution in [-0.4, -0.2) is 20.6 Å². The SMILES string of the molecule is CC#CC(Cc1nn[nH]n1)c1ccc(OCc2ccc3scc(CCC)c3c2)cc1. The van der Waals surface area contributed by atoms with Crippen molar-refractivity contribution in [1.29, 1.82) is 0 Å². The second kappa shape index (κ2) is 9.55. The minimum Gasteiger partial charge on any atom is -0.489 e. The van der Waals surface area contributed by atoms with E-state index in [1.165, 1.54) is 21.2 Å². The second-order valence-corrected chi connectivity index (χ2v) is 8.09. The molecule has 5 nitrogen and oxygen atoms in total. The van der Waals surface area contributed by atoms with Gasteiger partial charge in [0.05, 0.1) is 5.92 Å². The molecule has 4 rings (SSSR count). The molecule has 0 aliphatic carbocycles. The Morgan fingerprint density at radius 3 is 2.77 bits per heavy atom. The van der Waals surface area contributed by atoms with Gasteiger partial charge in [-0.2, -0.15) is 5.21 Å². The van der Waals surface area contributed by atoms with Crippen LogP contribution >= 0.6 is 11.3 Å². The van der Waals surface area contributed by atoms with Crippen LogP contribution in [0.1, 0.15) is 48.7 Å². The molecule has 0 aliphatic heterocycles. The molecule has 0 bridgehead atoms. The summed E-state index contributed by atoms with van der Waals surface area (Å²) in [5, 5.41) is 17.8. The van der Waals surface area contributed by atoms with E-state index >= 15 is 0 Å². The third-order valence-corrected chi connectivity index (χ3v) is 6.03. The first-order valence-electron chi connectivity index (χ1n) is 10.1. The zero-order chi connectivity index (χ0) is 20.8. The van der Waals surface area contributed by atoms with Crippen molar-refractivity contribution in [2.24, 2.45) is 0 Å². The summed E-state index contributed by atoms with van der Waals surface area (Å²) in [7, 11) is 0. The number of H-pyrrole nitrogens is 1. The highest BCUT2D eigenvalue weighted by atomic mass is 32.1. The molecule has 0 radical (unpaired) electrons. The quantitative estimate of drug-likeness (QED) is 0.396. The molecular weight excluding hydrogens is 392 g/mol. The lowest BCUT2D eigenvalue weighted by atomic mass is 9.96. The number of rotatable bonds is 8. The fourth-order valence-corrected chi connectivity index (χ4v) is 4.50. The average molecular weight is 417 g/mol. The molecule has 2 aromatic heterocycles. The average Bonchev–Trinajstić information content (AvgIpc) is 3.43. The van der Waals surface area contributed by atoms with Crippen molar-refractivity contribution in [3.63, 3.8) is 0 Å². The van der Waals surface area contributed by atoms with Gasteiger partial charge in [-0.05, 0) is 65.1 Å². The van der Waals surface area contributed by atoms with Gasteiger partial charge in [-0.1, -0.05) is 42.7 Å². The number of ether oxygens (including phenoxy) is 1. The van der Waals surface area contributed by atoms with Gasteiger partial charge >= 0.3 is 0 Å². The number of hydrogen-bond acceptors (Lipinski definition) is 5. The Kier molecular flexibility index (Phi) is 6.41. The minimum atomic E-state index is 0.0274. The maximum atomic E-state index is 6.05. The third kappa shape index (κ3) is 4.69. The molecular formula is C24H24N4OS. The zero-order valence-corrected chi connectivity index (χ0v) is 18.0. The van der Waals surface area contributed by atoms with E-state index in [0.29, 0.717) is 18.9 Å². The van der Waals surface area contributed by atoms with Crippen LogP contribution in [0.4, 0.5) is 0 Å². The number of aromatic nitrogens is 4. The molecule has 0 saturated carbocycles. The van der Waals surface area contributed by atoms with Gasteiger partial charge in [-0.25, -0.2) is 0 Å². The first-order chi connectivity index (χ1) is 14.8. The molecule has 1 unspecified atom stereocenters. The predicted molar refractivity (Wildman–Crippen MR) is 121 cm³/mol. The number of nitrogens with zero attached hydrogens (tertiary/aromatic N) is 3. The molecule has 6 heteroatoms. The van der Waals surface area contributed by atoms with Crippen LogP contribution in [-0.2, 0) is 19.4 Å². The first-order valence-corrected chi connectivity index (χ1v) is 11.0. The number of aromatic amines is 1. The van der Waals surface area contributed by atoms with Gasteiger partial charge in [0.15, 0.2) is 5.82 Å². The van der Waals surface area contributed by atoms with Crippen LogP contribution < -0.4 is 4.74 Å². The Labute approximate surface area is 180 Å². The molecule has 2 aromatic carbocycles. The van der Waals surface area contributed by atoms with Crippen LogP contribution in [0, 0.1) is 11.8 Å². The number of hydrogen-bond donors (Lipinski definition) is 1. The van der Waals surface area contributed by atoms with E-state index < -0.39 is 0 Å². The van der Waals surface area contributed by atoms with Gasteiger partial charge in [0.2, 0.25) is 0 Å². The van der Waals surface area contributed by atoms with E-state index in [-0.39, 0.29) is 5.92 Å². The topological polar surface area (TPSA) is 63.7 Å². The van der Waals surface area contributed by atoms with E-state index in [9.17, 15) is 0 Å². The molecule has 0 aliphatic rings. The number of thiophene rings is 1. The summed E-state index contributed by atoms with van der Waals surface area (Å²) >= 11 is 1.82. The number of fused-ring (bicyclic) bond motifs is 1. The fraction of sp³-hybridized carbons (Fsp3) is 0.292. The van der Waals surface area contributed by atoms with Crippen molar-refractivity contribution in [3.8, 4) is 17.6 Å². The molecule has 2 heterocycles. The number of aryl methyl sites for hydroxylation is 1. The van der Waals surface area contributed by atoms with Crippen molar-refractivity contribution in [1.82, 2.24) is 20.6 Å². The summed E-state index contributed by atoms with van der Waals surface area (Å²) < 4.78 is 7.39. The van der Waals surface area contributed by atoms with Gasteiger partial charge in [-0.3, -0.25) is 0 Å². The van der Waals surface area contributed by atoms with Crippen molar-refractivity contribution < 1.29 is 4.74 Å². The zero-order valence-electron chi connectivity index (χ0n) is 17.2. The Bertz CT molecular complexity index is 1150. The largest absolute Gasteiger partial charge is 0.489 e. The first kappa shape index (κ1) is 20.1. The minimum absolute atomic E-state index is 0.0274. The number of nitrogens with one attached hydrogen (secondary N) is 1. The number of benzene rings is 2. The maximum absolute atomic E-state index is 6.05. The number of tetrazole rings is 1. The maximum Gasteiger partial charge on any atom is 0.176 e. The van der Waals surface area contributed by atoms with Gasteiger partial charge in [0.1, 0.15) is 12.4 Å². The second-order valence-electron chi connectivity index (χ2n) is 7.18. The van der Waals surface area contributed by atoms with E-state index in [2.05, 4.69) is 75.1 Å². The highest BCUT2D eigenvalue weighted by Crippen LogP contribution is 2.28. The van der Waals surface area contributed by atoms with E-state index in [0.717, 1.165) is 24.2 Å². The summed E-state index contributed by atoms with van der Waals surface area (Å²) in [6.07, 6.45) is 2.91. The summed E-state index contributed by atoms with van der Waals surface area (Å²) in [6.45, 7) is 4.62. The summed E-state index contributed by atoms with van der Waals surface area (Å²) in [6, 6.07) is 14.7. The van der Waals surface area contributed by atoms with Crippen LogP contribution in [0.3, 0.4) is 0 Å². The Balaban J connectivity index is 1.43. The lowest BCUT2D eigenvalue weighted by Crippen LogP contribution is -2.03. The third-order valence-electron chi connectivity index (χ3n) is 5.02. The van der Waals surface area contributed by atoms with Crippen LogP contribution in [0.25, 0.3) is 10.1 Å². The lowest BCUT2D eigenvalue weighted by Gasteiger charge is -2.11. The highest BCUT2D eigenvalue weighted by Gasteiger charge is 2.13. The van der Waals surface area contributed by atoms with Crippen molar-refractivity contribution >= 4 is 21.4 Å². The standard InChI is InChI=1S/C24H24N4OS/c1-3-5-19(14-24-25-27-28-26-24)18-8-10-21(11-9-18)29-15-17-7-12-23-22(13-17)20(6-4-2)16-30-23/h7-13,16,19H,4,6,14-15H2,1-2H3,(H,25,26,27,28). The van der Waals surface area contributed by atoms with E-state index in [1.807, 2.05) is 30.4 Å². The van der Waals surface area contributed by atoms with Crippen LogP contribution in [0.15, 0.2) is 47.8 Å². The van der Waals surface area contributed by atoms with E-state index in [4.69, 9.17) is 4.74 Å². The monoisotopic (exact) mass is 416 g/mol. The molecule has 30 heavy (non-hydrogen) atoms. The predicted octanol–water partition coefficient (Wildman–Crippen LogP) is 5.30. The van der Waals surface area contributed by atoms with Gasteiger partial charge in [0, 0.05) is 11.1 Å². The van der Waals surface area contributed by atoms with Crippen LogP contribution in [0.5, 0.6) is 5.75 Å². The molecule has 4 aromatic rings. The summed E-state index contributed by atoms with van der Waals surface area (Å²) in [5.74, 6) is 7.77. The molecule has 1 N–H and O–H groups in total. The van der Waals surface area contributed by atoms with Gasteiger partial charge in [0.25, 0.3) is 0 Å². The molecule has 152 valence electrons. The molecule has 0 fully saturated rings. The molecule has 1 atom stereocenters. The molecule has 0 spiro atoms. The fourth-order valence-electron chi connectivity index (χ4n) is 3.52. The summed E-state index contributed by atoms with van der Waals surface area (Å²) in [5.41, 5.74) is 3.74. The highest BCUT2D eigenvalue weighted by molar-refractivity contribution is 7.17. The lowest BCUT2D eigenvalue weighted by molar-refractivity contribution is 0.306.